The third-order valence-electron chi connectivity index (χ3n) is 5.84. The Morgan fingerprint density at radius 1 is 1.18 bits per heavy atom. The maximum atomic E-state index is 13.0. The summed E-state index contributed by atoms with van der Waals surface area (Å²) < 4.78 is 5.11. The maximum Gasteiger partial charge on any atom is 0.252 e. The summed E-state index contributed by atoms with van der Waals surface area (Å²) in [6.45, 7) is 7.02. The summed E-state index contributed by atoms with van der Waals surface area (Å²) in [6, 6.07) is -0.888. The van der Waals surface area contributed by atoms with Gasteiger partial charge in [-0.15, -0.1) is 0 Å². The summed E-state index contributed by atoms with van der Waals surface area (Å²) in [6.07, 6.45) is 0.182. The Bertz CT molecular complexity index is 653. The molecule has 1 saturated heterocycles. The Labute approximate surface area is 203 Å². The smallest absolute Gasteiger partial charge is 0.252 e. The van der Waals surface area contributed by atoms with Crippen LogP contribution in [0.15, 0.2) is 12.2 Å². The highest BCUT2D eigenvalue weighted by Crippen LogP contribution is 2.18. The molecular formula is C24H45N3O7. The van der Waals surface area contributed by atoms with Crippen LogP contribution in [0.3, 0.4) is 0 Å². The third kappa shape index (κ3) is 10.4. The number of ether oxygens (including phenoxy) is 1. The molecule has 0 radical (unpaired) electrons. The number of hydrogen-bond acceptors (Lipinski definition) is 8. The second-order valence-corrected chi connectivity index (χ2v) is 10.1. The quantitative estimate of drug-likeness (QED) is 0.152. The van der Waals surface area contributed by atoms with Gasteiger partial charge in [-0.1, -0.05) is 45.8 Å². The number of nitrogens with one attached hydrogen (secondary N) is 1. The van der Waals surface area contributed by atoms with Crippen molar-refractivity contribution in [1.82, 2.24) is 10.2 Å². The number of β-amino-alcohol motifs (C(OH)–C–C–N with tert-alkyl or cyclic N) is 1. The molecule has 10 nitrogen and oxygen atoms in total. The minimum atomic E-state index is -1.73. The van der Waals surface area contributed by atoms with Gasteiger partial charge in [0.25, 0.3) is 5.91 Å². The fourth-order valence-corrected chi connectivity index (χ4v) is 3.81. The van der Waals surface area contributed by atoms with E-state index in [-0.39, 0.29) is 24.3 Å². The van der Waals surface area contributed by atoms with Crippen molar-refractivity contribution in [1.29, 1.82) is 0 Å². The van der Waals surface area contributed by atoms with Crippen molar-refractivity contribution in [3.63, 3.8) is 0 Å². The molecule has 1 aliphatic rings. The summed E-state index contributed by atoms with van der Waals surface area (Å²) in [5, 5.41) is 43.8. The fraction of sp³-hybridized carbons (Fsp3) is 0.833. The molecule has 0 aromatic carbocycles. The van der Waals surface area contributed by atoms with Gasteiger partial charge in [-0.3, -0.25) is 9.59 Å². The highest BCUT2D eigenvalue weighted by molar-refractivity contribution is 5.90. The molecule has 0 aromatic rings. The number of nitrogens with zero attached hydrogens (tertiary/aromatic N) is 1. The standard InChI is InChI=1S/C24H45N3O7/c1-24(2,3)12-11-18(29)19(30)20(31)21(34-4)22(32)26-17-10-9-16(28)15-27(23(17)33)14-8-6-5-7-13-25/h11-12,16-21,28-31H,5-10,13-15,25H2,1-4H3,(H,26,32)/b12-11+/t16-,17+,18-,19+,20-,21-/m1/s1. The Morgan fingerprint density at radius 2 is 1.82 bits per heavy atom. The molecule has 1 fully saturated rings. The summed E-state index contributed by atoms with van der Waals surface area (Å²) in [4.78, 5) is 27.4. The second-order valence-electron chi connectivity index (χ2n) is 10.1. The lowest BCUT2D eigenvalue weighted by Gasteiger charge is -2.29. The topological polar surface area (TPSA) is 166 Å². The first kappa shape index (κ1) is 30.5. The van der Waals surface area contributed by atoms with Crippen molar-refractivity contribution in [2.75, 3.05) is 26.7 Å². The molecule has 0 aliphatic carbocycles. The van der Waals surface area contributed by atoms with Gasteiger partial charge in [0.2, 0.25) is 5.91 Å². The van der Waals surface area contributed by atoms with E-state index in [1.807, 2.05) is 20.8 Å². The molecule has 1 heterocycles. The molecule has 0 bridgehead atoms. The number of carbonyl (C=O) groups excluding carboxylic acids is 2. The summed E-state index contributed by atoms with van der Waals surface area (Å²) in [5.41, 5.74) is 5.26. The predicted molar refractivity (Wildman–Crippen MR) is 129 cm³/mol. The average Bonchev–Trinajstić information content (AvgIpc) is 2.90. The van der Waals surface area contributed by atoms with E-state index in [9.17, 15) is 30.0 Å². The van der Waals surface area contributed by atoms with Crippen LogP contribution in [0.25, 0.3) is 0 Å². The molecule has 0 spiro atoms. The number of aliphatic hydroxyl groups is 4. The largest absolute Gasteiger partial charge is 0.391 e. The van der Waals surface area contributed by atoms with Crippen molar-refractivity contribution < 1.29 is 34.8 Å². The first-order valence-electron chi connectivity index (χ1n) is 12.1. The van der Waals surface area contributed by atoms with Gasteiger partial charge < -0.3 is 41.1 Å². The van der Waals surface area contributed by atoms with E-state index in [0.717, 1.165) is 25.7 Å². The molecule has 0 unspecified atom stereocenters. The van der Waals surface area contributed by atoms with Crippen LogP contribution >= 0.6 is 0 Å². The van der Waals surface area contributed by atoms with E-state index in [1.165, 1.54) is 13.2 Å². The van der Waals surface area contributed by atoms with E-state index in [1.54, 1.807) is 11.0 Å². The lowest BCUT2D eigenvalue weighted by atomic mass is 9.94. The van der Waals surface area contributed by atoms with Crippen molar-refractivity contribution in [3.05, 3.63) is 12.2 Å². The molecule has 1 aliphatic heterocycles. The first-order valence-corrected chi connectivity index (χ1v) is 12.1. The molecule has 6 atom stereocenters. The Hall–Kier alpha value is -1.56. The molecular weight excluding hydrogens is 442 g/mol. The molecule has 1 rings (SSSR count). The van der Waals surface area contributed by atoms with Crippen LogP contribution < -0.4 is 11.1 Å². The molecule has 198 valence electrons. The van der Waals surface area contributed by atoms with Crippen LogP contribution in [-0.2, 0) is 14.3 Å². The van der Waals surface area contributed by atoms with Gasteiger partial charge in [0.15, 0.2) is 6.10 Å². The van der Waals surface area contributed by atoms with Crippen molar-refractivity contribution in [2.24, 2.45) is 11.1 Å². The molecule has 7 N–H and O–H groups in total. The highest BCUT2D eigenvalue weighted by Gasteiger charge is 2.38. The van der Waals surface area contributed by atoms with Crippen LogP contribution in [0, 0.1) is 5.41 Å². The van der Waals surface area contributed by atoms with Crippen LogP contribution in [0.5, 0.6) is 0 Å². The molecule has 10 heteroatoms. The average molecular weight is 488 g/mol. The van der Waals surface area contributed by atoms with Crippen LogP contribution in [0.4, 0.5) is 0 Å². The number of aliphatic hydroxyl groups excluding tert-OH is 4. The number of nitrogens with two attached hydrogens (primary N) is 1. The normalized spacial score (nSPS) is 23.4. The summed E-state index contributed by atoms with van der Waals surface area (Å²) >= 11 is 0. The third-order valence-corrected chi connectivity index (χ3v) is 5.84. The zero-order valence-electron chi connectivity index (χ0n) is 21.0. The number of carbonyl (C=O) groups is 2. The number of hydrogen-bond donors (Lipinski definition) is 6. The van der Waals surface area contributed by atoms with Gasteiger partial charge in [-0.25, -0.2) is 0 Å². The zero-order chi connectivity index (χ0) is 25.9. The van der Waals surface area contributed by atoms with E-state index in [2.05, 4.69) is 5.32 Å². The van der Waals surface area contributed by atoms with E-state index in [0.29, 0.717) is 19.5 Å². The Morgan fingerprint density at radius 3 is 2.41 bits per heavy atom. The fourth-order valence-electron chi connectivity index (χ4n) is 3.81. The van der Waals surface area contributed by atoms with Gasteiger partial charge in [0.1, 0.15) is 24.4 Å². The predicted octanol–water partition coefficient (Wildman–Crippen LogP) is -0.326. The number of amides is 2. The number of allylic oxidation sites excluding steroid dienone is 1. The van der Waals surface area contributed by atoms with Crippen molar-refractivity contribution in [3.8, 4) is 0 Å². The molecule has 0 aromatic heterocycles. The number of rotatable bonds is 13. The van der Waals surface area contributed by atoms with Gasteiger partial charge in [0, 0.05) is 20.2 Å². The first-order chi connectivity index (χ1) is 15.9. The second kappa shape index (κ2) is 14.8. The molecule has 34 heavy (non-hydrogen) atoms. The summed E-state index contributed by atoms with van der Waals surface area (Å²) in [7, 11) is 1.20. The number of unbranched alkanes of at least 4 members (excludes halogenated alkanes) is 3. The monoisotopic (exact) mass is 487 g/mol. The number of methoxy groups -OCH3 is 1. The highest BCUT2D eigenvalue weighted by atomic mass is 16.5. The van der Waals surface area contributed by atoms with Crippen LogP contribution in [0.2, 0.25) is 0 Å². The van der Waals surface area contributed by atoms with E-state index < -0.39 is 42.5 Å². The van der Waals surface area contributed by atoms with Crippen LogP contribution in [-0.4, -0.2) is 100 Å². The lowest BCUT2D eigenvalue weighted by molar-refractivity contribution is -0.151. The SMILES string of the molecule is CO[C@@H](C(=O)N[C@H]1CC[C@@H](O)CN(CCCCCCN)C1=O)[C@H](O)[C@@H](O)[C@H](O)/C=C/C(C)(C)C. The minimum absolute atomic E-state index is 0.198. The van der Waals surface area contributed by atoms with Gasteiger partial charge in [-0.05, 0) is 37.6 Å². The maximum absolute atomic E-state index is 13.0. The van der Waals surface area contributed by atoms with Gasteiger partial charge in [0.05, 0.1) is 6.10 Å². The zero-order valence-corrected chi connectivity index (χ0v) is 21.0. The Balaban J connectivity index is 2.80. The molecule has 2 amide bonds. The van der Waals surface area contributed by atoms with Gasteiger partial charge in [-0.2, -0.15) is 0 Å². The minimum Gasteiger partial charge on any atom is -0.391 e. The summed E-state index contributed by atoms with van der Waals surface area (Å²) in [5.74, 6) is -1.08. The lowest BCUT2D eigenvalue weighted by Crippen LogP contribution is -2.56. The molecule has 0 saturated carbocycles. The van der Waals surface area contributed by atoms with E-state index >= 15 is 0 Å². The van der Waals surface area contributed by atoms with E-state index in [4.69, 9.17) is 10.5 Å². The number of likely N-dealkylation sites (tertiary alicyclic amines) is 1. The van der Waals surface area contributed by atoms with Crippen molar-refractivity contribution in [2.45, 2.75) is 95.9 Å². The van der Waals surface area contributed by atoms with Crippen LogP contribution in [0.1, 0.15) is 59.3 Å². The van der Waals surface area contributed by atoms with Crippen molar-refractivity contribution >= 4 is 11.8 Å². The Kier molecular flexibility index (Phi) is 13.2. The van der Waals surface area contributed by atoms with Gasteiger partial charge >= 0.3 is 0 Å².